The fourth-order valence-corrected chi connectivity index (χ4v) is 3.92. The fourth-order valence-electron chi connectivity index (χ4n) is 3.92. The minimum absolute atomic E-state index is 0.0352. The molecule has 3 aromatic rings. The van der Waals surface area contributed by atoms with Crippen LogP contribution in [-0.2, 0) is 11.3 Å². The van der Waals surface area contributed by atoms with Gasteiger partial charge in [0.2, 0.25) is 5.91 Å². The van der Waals surface area contributed by atoms with Crippen molar-refractivity contribution >= 4 is 22.6 Å². The fraction of sp³-hybridized carbons (Fsp3) is 0.423. The zero-order valence-electron chi connectivity index (χ0n) is 20.0. The number of nitrogens with zero attached hydrogens (tertiary/aromatic N) is 4. The van der Waals surface area contributed by atoms with Gasteiger partial charge in [-0.1, -0.05) is 12.1 Å². The number of anilines is 1. The average molecular weight is 450 g/mol. The maximum Gasteiger partial charge on any atom is 0.237 e. The zero-order valence-corrected chi connectivity index (χ0v) is 20.0. The van der Waals surface area contributed by atoms with Crippen LogP contribution in [0.2, 0.25) is 0 Å². The Kier molecular flexibility index (Phi) is 6.34. The number of hydrogen-bond donors (Lipinski definition) is 1. The molecule has 6 nitrogen and oxygen atoms in total. The zero-order chi connectivity index (χ0) is 23.8. The van der Waals surface area contributed by atoms with Crippen LogP contribution in [0.15, 0.2) is 42.7 Å². The Balaban J connectivity index is 1.67. The number of carbonyl (C=O) groups excluding carboxylic acids is 1. The summed E-state index contributed by atoms with van der Waals surface area (Å²) in [5.74, 6) is 0.514. The second-order valence-electron chi connectivity index (χ2n) is 10.1. The molecule has 1 aliphatic carbocycles. The van der Waals surface area contributed by atoms with Gasteiger partial charge < -0.3 is 15.1 Å². The summed E-state index contributed by atoms with van der Waals surface area (Å²) in [7, 11) is 3.74. The predicted molar refractivity (Wildman–Crippen MR) is 130 cm³/mol. The summed E-state index contributed by atoms with van der Waals surface area (Å²) in [5.41, 5.74) is 3.08. The van der Waals surface area contributed by atoms with Crippen molar-refractivity contribution in [2.45, 2.75) is 51.7 Å². The summed E-state index contributed by atoms with van der Waals surface area (Å²) in [4.78, 5) is 25.2. The van der Waals surface area contributed by atoms with Gasteiger partial charge in [0.15, 0.2) is 0 Å². The number of rotatable bonds is 7. The number of hydrogen-bond acceptors (Lipinski definition) is 5. The van der Waals surface area contributed by atoms with E-state index in [0.29, 0.717) is 12.1 Å². The highest BCUT2D eigenvalue weighted by Gasteiger charge is 2.33. The topological polar surface area (TPSA) is 61.4 Å². The van der Waals surface area contributed by atoms with E-state index in [1.54, 1.807) is 12.4 Å². The monoisotopic (exact) mass is 449 g/mol. The first-order valence-electron chi connectivity index (χ1n) is 11.4. The highest BCUT2D eigenvalue weighted by Crippen LogP contribution is 2.32. The van der Waals surface area contributed by atoms with Crippen LogP contribution in [0.1, 0.15) is 39.2 Å². The first-order valence-corrected chi connectivity index (χ1v) is 11.4. The standard InChI is InChI=1S/C26H32FN5O/c1-26(2,3)30-25-21-13-18(7-11-23(21)28-16-29-25)17-6-10-22(27)19(12-17)14-32(20-8-9-20)24(33)15-31(4)5/h6-7,10-13,16,20H,8-9,14-15H2,1-5H3,(H,28,29,30). The van der Waals surface area contributed by atoms with Crippen LogP contribution in [0.4, 0.5) is 10.2 Å². The van der Waals surface area contributed by atoms with Crippen molar-refractivity contribution in [2.24, 2.45) is 0 Å². The summed E-state index contributed by atoms with van der Waals surface area (Å²) in [6, 6.07) is 11.3. The van der Waals surface area contributed by atoms with Gasteiger partial charge in [0.25, 0.3) is 0 Å². The highest BCUT2D eigenvalue weighted by molar-refractivity contribution is 5.92. The second kappa shape index (κ2) is 9.06. The Labute approximate surface area is 194 Å². The molecule has 4 rings (SSSR count). The third-order valence-corrected chi connectivity index (χ3v) is 5.61. The van der Waals surface area contributed by atoms with Crippen molar-refractivity contribution in [1.29, 1.82) is 0 Å². The summed E-state index contributed by atoms with van der Waals surface area (Å²) >= 11 is 0. The van der Waals surface area contributed by atoms with E-state index in [1.807, 2.05) is 48.2 Å². The van der Waals surface area contributed by atoms with Gasteiger partial charge in [0, 0.05) is 29.1 Å². The predicted octanol–water partition coefficient (Wildman–Crippen LogP) is 4.70. The van der Waals surface area contributed by atoms with Gasteiger partial charge in [-0.2, -0.15) is 0 Å². The number of nitrogens with one attached hydrogen (secondary N) is 1. The molecular weight excluding hydrogens is 417 g/mol. The minimum Gasteiger partial charge on any atom is -0.365 e. The van der Waals surface area contributed by atoms with Crippen LogP contribution in [0.5, 0.6) is 0 Å². The van der Waals surface area contributed by atoms with Crippen LogP contribution in [0, 0.1) is 5.82 Å². The SMILES string of the molecule is CN(C)CC(=O)N(Cc1cc(-c2ccc3ncnc(NC(C)(C)C)c3c2)ccc1F)C1CC1. The van der Waals surface area contributed by atoms with E-state index in [-0.39, 0.29) is 29.8 Å². The van der Waals surface area contributed by atoms with E-state index in [1.165, 1.54) is 6.07 Å². The lowest BCUT2D eigenvalue weighted by molar-refractivity contribution is -0.133. The molecule has 1 amide bonds. The molecule has 0 saturated heterocycles. The lowest BCUT2D eigenvalue weighted by Gasteiger charge is -2.25. The number of carbonyl (C=O) groups is 1. The van der Waals surface area contributed by atoms with E-state index in [0.717, 1.165) is 40.7 Å². The van der Waals surface area contributed by atoms with Gasteiger partial charge in [-0.15, -0.1) is 0 Å². The molecule has 174 valence electrons. The number of halogens is 1. The molecule has 0 atom stereocenters. The Morgan fingerprint density at radius 2 is 1.79 bits per heavy atom. The first kappa shape index (κ1) is 23.1. The lowest BCUT2D eigenvalue weighted by Crippen LogP contribution is -2.39. The molecule has 1 heterocycles. The molecule has 33 heavy (non-hydrogen) atoms. The largest absolute Gasteiger partial charge is 0.365 e. The van der Waals surface area contributed by atoms with Crippen LogP contribution in [-0.4, -0.2) is 57.9 Å². The molecule has 0 aliphatic heterocycles. The van der Waals surface area contributed by atoms with E-state index >= 15 is 0 Å². The number of aromatic nitrogens is 2. The number of benzene rings is 2. The molecule has 0 spiro atoms. The Hall–Kier alpha value is -3.06. The number of amides is 1. The molecule has 2 aromatic carbocycles. The number of likely N-dealkylation sites (N-methyl/N-ethyl adjacent to an activating group) is 1. The van der Waals surface area contributed by atoms with Gasteiger partial charge >= 0.3 is 0 Å². The Bertz CT molecular complexity index is 1170. The maximum atomic E-state index is 14.8. The lowest BCUT2D eigenvalue weighted by atomic mass is 10.00. The quantitative estimate of drug-likeness (QED) is 0.567. The van der Waals surface area contributed by atoms with E-state index in [4.69, 9.17) is 0 Å². The summed E-state index contributed by atoms with van der Waals surface area (Å²) < 4.78 is 14.8. The molecule has 1 N–H and O–H groups in total. The third-order valence-electron chi connectivity index (χ3n) is 5.61. The van der Waals surface area contributed by atoms with Crippen molar-refractivity contribution in [3.8, 4) is 11.1 Å². The molecule has 1 aliphatic rings. The molecule has 1 aromatic heterocycles. The van der Waals surface area contributed by atoms with Crippen molar-refractivity contribution in [3.63, 3.8) is 0 Å². The van der Waals surface area contributed by atoms with Crippen molar-refractivity contribution in [3.05, 3.63) is 54.1 Å². The van der Waals surface area contributed by atoms with Crippen LogP contribution in [0.3, 0.4) is 0 Å². The van der Waals surface area contributed by atoms with Gasteiger partial charge in [0.1, 0.15) is 18.0 Å². The van der Waals surface area contributed by atoms with E-state index in [2.05, 4.69) is 36.1 Å². The highest BCUT2D eigenvalue weighted by atomic mass is 19.1. The van der Waals surface area contributed by atoms with E-state index < -0.39 is 0 Å². The Morgan fingerprint density at radius 3 is 2.45 bits per heavy atom. The minimum atomic E-state index is -0.290. The van der Waals surface area contributed by atoms with Crippen molar-refractivity contribution in [2.75, 3.05) is 26.0 Å². The normalized spacial score (nSPS) is 14.0. The third kappa shape index (κ3) is 5.66. The molecular formula is C26H32FN5O. The number of fused-ring (bicyclic) bond motifs is 1. The van der Waals surface area contributed by atoms with Gasteiger partial charge in [-0.3, -0.25) is 4.79 Å². The van der Waals surface area contributed by atoms with Gasteiger partial charge in [-0.05, 0) is 83.1 Å². The molecule has 0 unspecified atom stereocenters. The molecule has 0 bridgehead atoms. The smallest absolute Gasteiger partial charge is 0.237 e. The summed E-state index contributed by atoms with van der Waals surface area (Å²) in [6.07, 6.45) is 3.52. The maximum absolute atomic E-state index is 14.8. The van der Waals surface area contributed by atoms with Crippen LogP contribution < -0.4 is 5.32 Å². The molecule has 0 radical (unpaired) electrons. The van der Waals surface area contributed by atoms with Gasteiger partial charge in [0.05, 0.1) is 12.1 Å². The van der Waals surface area contributed by atoms with Crippen molar-refractivity contribution < 1.29 is 9.18 Å². The van der Waals surface area contributed by atoms with Crippen molar-refractivity contribution in [1.82, 2.24) is 19.8 Å². The summed E-state index contributed by atoms with van der Waals surface area (Å²) in [5, 5.41) is 4.35. The molecule has 7 heteroatoms. The molecule has 1 saturated carbocycles. The molecule has 1 fully saturated rings. The van der Waals surface area contributed by atoms with Crippen LogP contribution >= 0.6 is 0 Å². The average Bonchev–Trinajstić information content (AvgIpc) is 3.56. The van der Waals surface area contributed by atoms with E-state index in [9.17, 15) is 9.18 Å². The second-order valence-corrected chi connectivity index (χ2v) is 10.1. The Morgan fingerprint density at radius 1 is 1.09 bits per heavy atom. The summed E-state index contributed by atoms with van der Waals surface area (Å²) in [6.45, 7) is 6.86. The first-order chi connectivity index (χ1) is 15.6. The van der Waals surface area contributed by atoms with Crippen LogP contribution in [0.25, 0.3) is 22.0 Å². The van der Waals surface area contributed by atoms with Gasteiger partial charge in [-0.25, -0.2) is 14.4 Å².